The van der Waals surface area contributed by atoms with Crippen molar-refractivity contribution in [3.8, 4) is 6.07 Å². The molecule has 1 N–H and O–H groups in total. The van der Waals surface area contributed by atoms with Gasteiger partial charge in [-0.25, -0.2) is 0 Å². The molecule has 2 atom stereocenters. The van der Waals surface area contributed by atoms with Gasteiger partial charge in [-0.15, -0.1) is 0 Å². The molecule has 0 aromatic carbocycles. The summed E-state index contributed by atoms with van der Waals surface area (Å²) in [5, 5.41) is 16.3. The van der Waals surface area contributed by atoms with Crippen molar-refractivity contribution in [3.05, 3.63) is 17.5 Å². The molecule has 0 spiro atoms. The van der Waals surface area contributed by atoms with Gasteiger partial charge in [0.15, 0.2) is 18.1 Å². The summed E-state index contributed by atoms with van der Waals surface area (Å²) in [6.45, 7) is 3.70. The molecule has 0 amide bonds. The predicted octanol–water partition coefficient (Wildman–Crippen LogP) is -3.66. The Morgan fingerprint density at radius 1 is 1.67 bits per heavy atom. The van der Waals surface area contributed by atoms with Crippen molar-refractivity contribution in [2.45, 2.75) is 13.0 Å². The van der Waals surface area contributed by atoms with Crippen LogP contribution in [0.25, 0.3) is 0 Å². The van der Waals surface area contributed by atoms with Crippen molar-refractivity contribution < 1.29 is 26.7 Å². The Bertz CT molecular complexity index is 493. The Kier molecular flexibility index (Phi) is 3.84. The maximum absolute atomic E-state index is 8.58. The van der Waals surface area contributed by atoms with E-state index in [1.807, 2.05) is 6.07 Å². The van der Waals surface area contributed by atoms with E-state index in [0.29, 0.717) is 11.7 Å². The van der Waals surface area contributed by atoms with Crippen LogP contribution in [0.1, 0.15) is 17.9 Å². The quantitative estimate of drug-likeness (QED) is 0.574. The number of oxime groups is 1. The lowest BCUT2D eigenvalue weighted by molar-refractivity contribution is -0.873. The molecular weight excluding hydrogens is 256 g/mol. The number of aromatic nitrogens is 1. The first kappa shape index (κ1) is 12.9. The number of hydrogen-bond acceptors (Lipinski definition) is 5. The number of halogens is 1. The van der Waals surface area contributed by atoms with Gasteiger partial charge in [-0.05, 0) is 0 Å². The average molecular weight is 269 g/mol. The van der Waals surface area contributed by atoms with Crippen LogP contribution in [0.15, 0.2) is 15.7 Å². The molecular formula is C11H13ClN4O2. The van der Waals surface area contributed by atoms with Crippen molar-refractivity contribution in [1.82, 2.24) is 5.16 Å². The van der Waals surface area contributed by atoms with Gasteiger partial charge in [-0.1, -0.05) is 10.3 Å². The molecule has 2 fully saturated rings. The van der Waals surface area contributed by atoms with E-state index in [1.165, 1.54) is 19.5 Å². The second-order valence-electron chi connectivity index (χ2n) is 4.51. The summed E-state index contributed by atoms with van der Waals surface area (Å²) >= 11 is 0. The van der Waals surface area contributed by atoms with Gasteiger partial charge in [0.05, 0.1) is 19.0 Å². The molecule has 6 nitrogen and oxygen atoms in total. The van der Waals surface area contributed by atoms with Crippen molar-refractivity contribution in [2.75, 3.05) is 19.6 Å². The third kappa shape index (κ3) is 2.47. The fourth-order valence-corrected chi connectivity index (χ4v) is 2.50. The van der Waals surface area contributed by atoms with Crippen LogP contribution in [0.4, 0.5) is 0 Å². The number of nitrogens with one attached hydrogen (secondary N) is 1. The zero-order chi connectivity index (χ0) is 11.7. The highest BCUT2D eigenvalue weighted by Gasteiger charge is 2.39. The molecule has 1 aromatic heterocycles. The number of rotatable bonds is 3. The highest BCUT2D eigenvalue weighted by atomic mass is 35.5. The van der Waals surface area contributed by atoms with Crippen LogP contribution in [-0.2, 0) is 11.4 Å². The van der Waals surface area contributed by atoms with E-state index in [-0.39, 0.29) is 24.7 Å². The fourth-order valence-electron chi connectivity index (χ4n) is 2.50. The summed E-state index contributed by atoms with van der Waals surface area (Å²) in [4.78, 5) is 6.85. The Morgan fingerprint density at radius 2 is 2.56 bits per heavy atom. The first-order valence-electron chi connectivity index (χ1n) is 5.73. The largest absolute Gasteiger partial charge is 1.00 e. The predicted molar refractivity (Wildman–Crippen MR) is 57.1 cm³/mol. The number of quaternary nitrogens is 1. The smallest absolute Gasteiger partial charge is 0.183 e. The van der Waals surface area contributed by atoms with E-state index in [9.17, 15) is 0 Å². The number of nitrogens with zero attached hydrogens (tertiary/aromatic N) is 3. The van der Waals surface area contributed by atoms with Crippen molar-refractivity contribution >= 4 is 5.71 Å². The topological polar surface area (TPSA) is 75.8 Å². The Balaban J connectivity index is 0.00000120. The molecule has 3 rings (SSSR count). The molecule has 0 aliphatic carbocycles. The summed E-state index contributed by atoms with van der Waals surface area (Å²) in [6.07, 6.45) is 1.22. The first-order chi connectivity index (χ1) is 8.35. The van der Waals surface area contributed by atoms with Crippen LogP contribution in [-0.4, -0.2) is 30.5 Å². The monoisotopic (exact) mass is 268 g/mol. The lowest BCUT2D eigenvalue weighted by Gasteiger charge is -2.09. The van der Waals surface area contributed by atoms with Gasteiger partial charge < -0.3 is 26.7 Å². The molecule has 2 aliphatic heterocycles. The zero-order valence-corrected chi connectivity index (χ0v) is 10.5. The van der Waals surface area contributed by atoms with Gasteiger partial charge in [-0.3, -0.25) is 0 Å². The lowest BCUT2D eigenvalue weighted by Crippen LogP contribution is -3.09. The summed E-state index contributed by atoms with van der Waals surface area (Å²) in [5.41, 5.74) is 1.43. The second kappa shape index (κ2) is 5.38. The minimum atomic E-state index is 0. The normalized spacial score (nSPS) is 26.9. The highest BCUT2D eigenvalue weighted by Crippen LogP contribution is 2.13. The fraction of sp³-hybridized carbons (Fsp3) is 0.545. The van der Waals surface area contributed by atoms with Crippen molar-refractivity contribution in [1.29, 1.82) is 5.26 Å². The standard InChI is InChI=1S/C11H12N4O2.ClH/c12-4-9-3-10(17-13-9)7-16-14-11-6-15-2-1-8(11)5-15;/h3,8H,1-2,5-7H2;1H/b14-11+;. The van der Waals surface area contributed by atoms with Crippen LogP contribution in [0.2, 0.25) is 0 Å². The van der Waals surface area contributed by atoms with E-state index in [4.69, 9.17) is 14.6 Å². The van der Waals surface area contributed by atoms with Crippen molar-refractivity contribution in [3.63, 3.8) is 0 Å². The number of piperidine rings is 1. The molecule has 2 aliphatic rings. The van der Waals surface area contributed by atoms with Crippen LogP contribution in [0, 0.1) is 17.2 Å². The van der Waals surface area contributed by atoms with Crippen LogP contribution in [0.5, 0.6) is 0 Å². The zero-order valence-electron chi connectivity index (χ0n) is 9.73. The second-order valence-corrected chi connectivity index (χ2v) is 4.51. The summed E-state index contributed by atoms with van der Waals surface area (Å²) in [7, 11) is 0. The van der Waals surface area contributed by atoms with Crippen LogP contribution >= 0.6 is 0 Å². The number of hydrogen-bond donors (Lipinski definition) is 1. The maximum atomic E-state index is 8.58. The molecule has 7 heteroatoms. The Morgan fingerprint density at radius 3 is 3.17 bits per heavy atom. The van der Waals surface area contributed by atoms with Gasteiger partial charge in [0.2, 0.25) is 0 Å². The molecule has 3 heterocycles. The van der Waals surface area contributed by atoms with Gasteiger partial charge in [-0.2, -0.15) is 5.26 Å². The van der Waals surface area contributed by atoms with Crippen LogP contribution in [0.3, 0.4) is 0 Å². The third-order valence-electron chi connectivity index (χ3n) is 3.35. The first-order valence-corrected chi connectivity index (χ1v) is 5.73. The average Bonchev–Trinajstić information content (AvgIpc) is 3.04. The van der Waals surface area contributed by atoms with Gasteiger partial charge >= 0.3 is 0 Å². The lowest BCUT2D eigenvalue weighted by atomic mass is 10.0. The summed E-state index contributed by atoms with van der Waals surface area (Å²) in [6, 6.07) is 3.47. The Labute approximate surface area is 111 Å². The van der Waals surface area contributed by atoms with Gasteiger partial charge in [0.1, 0.15) is 18.3 Å². The minimum Gasteiger partial charge on any atom is -1.00 e. The SMILES string of the molecule is N#Cc1cc(CO/N=C2\C[NH+]3CCC2C3)on1.[Cl-]. The highest BCUT2D eigenvalue weighted by molar-refractivity contribution is 5.89. The number of fused-ring (bicyclic) bond motifs is 2. The van der Waals surface area contributed by atoms with Crippen LogP contribution < -0.4 is 17.3 Å². The van der Waals surface area contributed by atoms with E-state index in [1.54, 1.807) is 11.0 Å². The molecule has 2 unspecified atom stereocenters. The van der Waals surface area contributed by atoms with Gasteiger partial charge in [0.25, 0.3) is 0 Å². The van der Waals surface area contributed by atoms with E-state index in [0.717, 1.165) is 12.3 Å². The maximum Gasteiger partial charge on any atom is 0.183 e. The van der Waals surface area contributed by atoms with E-state index in [2.05, 4.69) is 10.3 Å². The third-order valence-corrected chi connectivity index (χ3v) is 3.35. The number of nitriles is 1. The molecule has 0 saturated carbocycles. The van der Waals surface area contributed by atoms with E-state index < -0.39 is 0 Å². The summed E-state index contributed by atoms with van der Waals surface area (Å²) in [5.74, 6) is 1.14. The minimum absolute atomic E-state index is 0. The van der Waals surface area contributed by atoms with E-state index >= 15 is 0 Å². The van der Waals surface area contributed by atoms with Crippen molar-refractivity contribution in [2.24, 2.45) is 11.1 Å². The molecule has 18 heavy (non-hydrogen) atoms. The molecule has 96 valence electrons. The van der Waals surface area contributed by atoms with Gasteiger partial charge in [0, 0.05) is 12.5 Å². The Hall–Kier alpha value is -1.58. The molecule has 1 aromatic rings. The molecule has 2 bridgehead atoms. The molecule has 2 saturated heterocycles. The molecule has 0 radical (unpaired) electrons. The summed E-state index contributed by atoms with van der Waals surface area (Å²) < 4.78 is 4.91.